The van der Waals surface area contributed by atoms with Gasteiger partial charge in [-0.1, -0.05) is 0 Å². The van der Waals surface area contributed by atoms with Gasteiger partial charge in [-0.3, -0.25) is 4.79 Å². The van der Waals surface area contributed by atoms with Crippen LogP contribution in [0.15, 0.2) is 6.20 Å². The quantitative estimate of drug-likeness (QED) is 0.760. The van der Waals surface area contributed by atoms with E-state index in [4.69, 9.17) is 9.84 Å². The molecule has 1 aromatic rings. The number of carboxylic acid groups (broad SMARTS) is 1. The number of amides is 1. The number of H-pyrrole nitrogens is 1. The molecule has 3 N–H and O–H groups in total. The van der Waals surface area contributed by atoms with Crippen LogP contribution in [0.5, 0.6) is 0 Å². The summed E-state index contributed by atoms with van der Waals surface area (Å²) in [6.45, 7) is 3.56. The van der Waals surface area contributed by atoms with Crippen LogP contribution >= 0.6 is 0 Å². The highest BCUT2D eigenvalue weighted by atomic mass is 16.5. The molecule has 0 aromatic carbocycles. The average Bonchev–Trinajstić information content (AvgIpc) is 2.85. The van der Waals surface area contributed by atoms with Crippen molar-refractivity contribution < 1.29 is 19.4 Å². The van der Waals surface area contributed by atoms with Crippen molar-refractivity contribution in [3.05, 3.63) is 17.5 Å². The Kier molecular flexibility index (Phi) is 3.38. The Morgan fingerprint density at radius 1 is 1.50 bits per heavy atom. The normalized spacial score (nSPS) is 23.0. The van der Waals surface area contributed by atoms with E-state index in [9.17, 15) is 9.59 Å². The second-order valence-corrected chi connectivity index (χ2v) is 4.51. The molecule has 0 spiro atoms. The third kappa shape index (κ3) is 2.38. The Balaban J connectivity index is 2.10. The van der Waals surface area contributed by atoms with Gasteiger partial charge in [-0.2, -0.15) is 0 Å². The lowest BCUT2D eigenvalue weighted by atomic mass is 10.2. The summed E-state index contributed by atoms with van der Waals surface area (Å²) in [4.78, 5) is 25.7. The molecule has 98 valence electrons. The molecule has 0 aliphatic carbocycles. The maximum absolute atomic E-state index is 11.9. The Labute approximate surface area is 104 Å². The number of aromatic carboxylic acids is 1. The van der Waals surface area contributed by atoms with Crippen LogP contribution < -0.4 is 5.32 Å². The van der Waals surface area contributed by atoms with Crippen LogP contribution in [-0.2, 0) is 9.53 Å². The van der Waals surface area contributed by atoms with Crippen LogP contribution in [0.4, 0.5) is 5.69 Å². The molecule has 2 rings (SSSR count). The standard InChI is InChI=1S/C12H16N2O4/c1-6-3-4-9(18-6)11(15)14-8-5-13-7(2)10(8)12(16)17/h5-6,9,13H,3-4H2,1-2H3,(H,14,15)(H,16,17). The van der Waals surface area contributed by atoms with Gasteiger partial charge in [0.2, 0.25) is 0 Å². The molecule has 1 fully saturated rings. The Morgan fingerprint density at radius 3 is 2.78 bits per heavy atom. The predicted octanol–water partition coefficient (Wildman–Crippen LogP) is 1.53. The first kappa shape index (κ1) is 12.6. The first-order valence-electron chi connectivity index (χ1n) is 5.86. The summed E-state index contributed by atoms with van der Waals surface area (Å²) in [7, 11) is 0. The summed E-state index contributed by atoms with van der Waals surface area (Å²) in [6.07, 6.45) is 2.58. The lowest BCUT2D eigenvalue weighted by Crippen LogP contribution is -2.28. The Hall–Kier alpha value is -1.82. The van der Waals surface area contributed by atoms with E-state index in [1.807, 2.05) is 6.92 Å². The molecule has 0 bridgehead atoms. The lowest BCUT2D eigenvalue weighted by molar-refractivity contribution is -0.126. The van der Waals surface area contributed by atoms with Gasteiger partial charge in [0, 0.05) is 11.9 Å². The predicted molar refractivity (Wildman–Crippen MR) is 64.7 cm³/mol. The van der Waals surface area contributed by atoms with Crippen molar-refractivity contribution in [1.29, 1.82) is 0 Å². The largest absolute Gasteiger partial charge is 0.478 e. The second-order valence-electron chi connectivity index (χ2n) is 4.51. The second kappa shape index (κ2) is 4.81. The molecule has 0 saturated carbocycles. The van der Waals surface area contributed by atoms with Crippen molar-refractivity contribution in [1.82, 2.24) is 4.98 Å². The summed E-state index contributed by atoms with van der Waals surface area (Å²) < 4.78 is 5.43. The molecule has 2 heterocycles. The van der Waals surface area contributed by atoms with E-state index < -0.39 is 12.1 Å². The molecule has 1 aliphatic rings. The molecule has 2 atom stereocenters. The molecule has 1 saturated heterocycles. The molecule has 0 radical (unpaired) electrons. The molecule has 6 heteroatoms. The van der Waals surface area contributed by atoms with Crippen molar-refractivity contribution >= 4 is 17.6 Å². The molecule has 1 aliphatic heterocycles. The van der Waals surface area contributed by atoms with Crippen LogP contribution in [-0.4, -0.2) is 34.2 Å². The molecule has 18 heavy (non-hydrogen) atoms. The van der Waals surface area contributed by atoms with E-state index in [-0.39, 0.29) is 23.3 Å². The molecule has 6 nitrogen and oxygen atoms in total. The Bertz CT molecular complexity index is 480. The fraction of sp³-hybridized carbons (Fsp3) is 0.500. The summed E-state index contributed by atoms with van der Waals surface area (Å²) in [5, 5.41) is 11.7. The van der Waals surface area contributed by atoms with E-state index >= 15 is 0 Å². The number of aryl methyl sites for hydroxylation is 1. The summed E-state index contributed by atoms with van der Waals surface area (Å²) >= 11 is 0. The van der Waals surface area contributed by atoms with Gasteiger partial charge in [0.05, 0.1) is 11.8 Å². The number of hydrogen-bond donors (Lipinski definition) is 3. The number of aromatic amines is 1. The van der Waals surface area contributed by atoms with E-state index in [0.717, 1.165) is 6.42 Å². The third-order valence-electron chi connectivity index (χ3n) is 3.07. The van der Waals surface area contributed by atoms with Crippen molar-refractivity contribution in [2.75, 3.05) is 5.32 Å². The van der Waals surface area contributed by atoms with Crippen LogP contribution in [0.25, 0.3) is 0 Å². The number of hydrogen-bond acceptors (Lipinski definition) is 3. The minimum Gasteiger partial charge on any atom is -0.478 e. The number of carboxylic acids is 1. The minimum atomic E-state index is -1.07. The van der Waals surface area contributed by atoms with Gasteiger partial charge in [0.15, 0.2) is 0 Å². The van der Waals surface area contributed by atoms with Crippen LogP contribution in [0.1, 0.15) is 35.8 Å². The van der Waals surface area contributed by atoms with Gasteiger partial charge >= 0.3 is 5.97 Å². The number of carbonyl (C=O) groups excluding carboxylic acids is 1. The summed E-state index contributed by atoms with van der Waals surface area (Å²) in [5.41, 5.74) is 0.890. The van der Waals surface area contributed by atoms with Gasteiger partial charge in [-0.05, 0) is 26.7 Å². The zero-order valence-corrected chi connectivity index (χ0v) is 10.3. The molecule has 1 aromatic heterocycles. The number of aromatic nitrogens is 1. The monoisotopic (exact) mass is 252 g/mol. The van der Waals surface area contributed by atoms with Gasteiger partial charge in [0.1, 0.15) is 11.7 Å². The van der Waals surface area contributed by atoms with Gasteiger partial charge in [-0.25, -0.2) is 4.79 Å². The van der Waals surface area contributed by atoms with Gasteiger partial charge in [-0.15, -0.1) is 0 Å². The number of carbonyl (C=O) groups is 2. The first-order valence-corrected chi connectivity index (χ1v) is 5.86. The van der Waals surface area contributed by atoms with E-state index in [0.29, 0.717) is 12.1 Å². The molecule has 1 amide bonds. The van der Waals surface area contributed by atoms with Crippen LogP contribution in [0.3, 0.4) is 0 Å². The first-order chi connectivity index (χ1) is 8.49. The number of anilines is 1. The SMILES string of the molecule is Cc1[nH]cc(NC(=O)C2CCC(C)O2)c1C(=O)O. The van der Waals surface area contributed by atoms with Crippen molar-refractivity contribution in [2.45, 2.75) is 38.9 Å². The highest BCUT2D eigenvalue weighted by molar-refractivity contribution is 6.02. The fourth-order valence-electron chi connectivity index (χ4n) is 2.11. The number of nitrogens with one attached hydrogen (secondary N) is 2. The molecular weight excluding hydrogens is 236 g/mol. The highest BCUT2D eigenvalue weighted by Crippen LogP contribution is 2.23. The smallest absolute Gasteiger partial charge is 0.339 e. The molecular formula is C12H16N2O4. The zero-order valence-electron chi connectivity index (χ0n) is 10.3. The van der Waals surface area contributed by atoms with Crippen LogP contribution in [0.2, 0.25) is 0 Å². The van der Waals surface area contributed by atoms with Crippen molar-refractivity contribution in [3.63, 3.8) is 0 Å². The van der Waals surface area contributed by atoms with E-state index in [1.165, 1.54) is 6.20 Å². The van der Waals surface area contributed by atoms with Gasteiger partial charge in [0.25, 0.3) is 5.91 Å². The molecule has 2 unspecified atom stereocenters. The van der Waals surface area contributed by atoms with E-state index in [1.54, 1.807) is 6.92 Å². The van der Waals surface area contributed by atoms with Crippen LogP contribution in [0, 0.1) is 6.92 Å². The number of rotatable bonds is 3. The maximum Gasteiger partial charge on any atom is 0.339 e. The Morgan fingerprint density at radius 2 is 2.22 bits per heavy atom. The summed E-state index contributed by atoms with van der Waals surface area (Å²) in [6, 6.07) is 0. The third-order valence-corrected chi connectivity index (χ3v) is 3.07. The summed E-state index contributed by atoms with van der Waals surface area (Å²) in [5.74, 6) is -1.36. The van der Waals surface area contributed by atoms with Gasteiger partial charge < -0.3 is 20.1 Å². The number of ether oxygens (including phenoxy) is 1. The fourth-order valence-corrected chi connectivity index (χ4v) is 2.11. The maximum atomic E-state index is 11.9. The topological polar surface area (TPSA) is 91.4 Å². The zero-order chi connectivity index (χ0) is 13.3. The van der Waals surface area contributed by atoms with E-state index in [2.05, 4.69) is 10.3 Å². The minimum absolute atomic E-state index is 0.0765. The van der Waals surface area contributed by atoms with Crippen molar-refractivity contribution in [2.24, 2.45) is 0 Å². The highest BCUT2D eigenvalue weighted by Gasteiger charge is 2.29. The van der Waals surface area contributed by atoms with Crippen molar-refractivity contribution in [3.8, 4) is 0 Å². The average molecular weight is 252 g/mol. The lowest BCUT2D eigenvalue weighted by Gasteiger charge is -2.11.